The molecule has 0 fully saturated rings. The summed E-state index contributed by atoms with van der Waals surface area (Å²) in [6.07, 6.45) is 0.237. The van der Waals surface area contributed by atoms with Gasteiger partial charge in [-0.25, -0.2) is 4.79 Å². The Kier molecular flexibility index (Phi) is 2.02. The zero-order valence-corrected chi connectivity index (χ0v) is 7.06. The highest BCUT2D eigenvalue weighted by molar-refractivity contribution is 5.92. The van der Waals surface area contributed by atoms with Crippen LogP contribution in [0.25, 0.3) is 0 Å². The van der Waals surface area contributed by atoms with Gasteiger partial charge in [0.2, 0.25) is 0 Å². The average molecular weight is 178 g/mol. The van der Waals surface area contributed by atoms with Gasteiger partial charge in [0, 0.05) is 6.42 Å². The van der Waals surface area contributed by atoms with Gasteiger partial charge in [0.05, 0.1) is 12.2 Å². The maximum absolute atomic E-state index is 11.3. The van der Waals surface area contributed by atoms with Crippen molar-refractivity contribution in [2.24, 2.45) is 0 Å². The van der Waals surface area contributed by atoms with Crippen molar-refractivity contribution in [3.63, 3.8) is 0 Å². The molecule has 1 N–H and O–H groups in total. The van der Waals surface area contributed by atoms with Gasteiger partial charge in [-0.1, -0.05) is 18.2 Å². The fraction of sp³-hybridized carbons (Fsp3) is 0.300. The van der Waals surface area contributed by atoms with Crippen LogP contribution in [0.4, 0.5) is 0 Å². The van der Waals surface area contributed by atoms with Gasteiger partial charge in [-0.15, -0.1) is 0 Å². The third-order valence-electron chi connectivity index (χ3n) is 2.16. The van der Waals surface area contributed by atoms with E-state index in [0.717, 1.165) is 5.56 Å². The second-order valence-corrected chi connectivity index (χ2v) is 3.07. The van der Waals surface area contributed by atoms with Gasteiger partial charge in [0.15, 0.2) is 0 Å². The van der Waals surface area contributed by atoms with E-state index in [1.54, 1.807) is 12.1 Å². The minimum atomic E-state index is -0.373. The van der Waals surface area contributed by atoms with Crippen LogP contribution >= 0.6 is 0 Å². The highest BCUT2D eigenvalue weighted by Gasteiger charge is 2.24. The number of carbonyl (C=O) groups excluding carboxylic acids is 1. The van der Waals surface area contributed by atoms with Crippen LogP contribution in [0, 0.1) is 0 Å². The van der Waals surface area contributed by atoms with Crippen molar-refractivity contribution >= 4 is 5.97 Å². The molecule has 2 rings (SSSR count). The van der Waals surface area contributed by atoms with Crippen molar-refractivity contribution < 1.29 is 14.6 Å². The van der Waals surface area contributed by atoms with Crippen LogP contribution in [0.5, 0.6) is 0 Å². The predicted octanol–water partition coefficient (Wildman–Crippen LogP) is 0.760. The van der Waals surface area contributed by atoms with Gasteiger partial charge in [0.1, 0.15) is 6.10 Å². The molecule has 1 aromatic rings. The number of hydrogen-bond acceptors (Lipinski definition) is 3. The van der Waals surface area contributed by atoms with E-state index in [9.17, 15) is 4.79 Å². The highest BCUT2D eigenvalue weighted by Crippen LogP contribution is 2.19. The van der Waals surface area contributed by atoms with Crippen molar-refractivity contribution in [1.29, 1.82) is 0 Å². The first-order valence-corrected chi connectivity index (χ1v) is 4.21. The number of esters is 1. The molecular formula is C10H10O3. The zero-order chi connectivity index (χ0) is 9.26. The highest BCUT2D eigenvalue weighted by atomic mass is 16.6. The topological polar surface area (TPSA) is 46.5 Å². The molecule has 13 heavy (non-hydrogen) atoms. The Morgan fingerprint density at radius 3 is 3.00 bits per heavy atom. The zero-order valence-electron chi connectivity index (χ0n) is 7.06. The quantitative estimate of drug-likeness (QED) is 0.646. The molecule has 0 aliphatic carbocycles. The summed E-state index contributed by atoms with van der Waals surface area (Å²) in [5.74, 6) is -0.332. The molecule has 0 spiro atoms. The maximum atomic E-state index is 11.3. The summed E-state index contributed by atoms with van der Waals surface area (Å²) in [5, 5.41) is 8.86. The largest absolute Gasteiger partial charge is 0.456 e. The first-order valence-electron chi connectivity index (χ1n) is 4.21. The van der Waals surface area contributed by atoms with Crippen LogP contribution in [0.1, 0.15) is 15.9 Å². The number of benzene rings is 1. The molecule has 0 bridgehead atoms. The molecule has 3 heteroatoms. The fourth-order valence-electron chi connectivity index (χ4n) is 1.50. The van der Waals surface area contributed by atoms with Crippen molar-refractivity contribution in [3.8, 4) is 0 Å². The SMILES string of the molecule is O=C1O[C@H](CO)Cc2ccccc21. The Hall–Kier alpha value is -1.35. The summed E-state index contributed by atoms with van der Waals surface area (Å²) < 4.78 is 4.97. The standard InChI is InChI=1S/C10H10O3/c11-6-8-5-7-3-1-2-4-9(7)10(12)13-8/h1-4,8,11H,5-6H2/t8-/m0/s1. The van der Waals surface area contributed by atoms with Gasteiger partial charge in [0.25, 0.3) is 0 Å². The molecule has 0 amide bonds. The Labute approximate surface area is 76.0 Å². The lowest BCUT2D eigenvalue weighted by Crippen LogP contribution is -2.30. The van der Waals surface area contributed by atoms with Crippen LogP contribution in [-0.2, 0) is 11.2 Å². The summed E-state index contributed by atoms with van der Waals surface area (Å²) in [7, 11) is 0. The molecule has 1 aliphatic heterocycles. The van der Waals surface area contributed by atoms with Gasteiger partial charge in [-0.05, 0) is 11.6 Å². The second-order valence-electron chi connectivity index (χ2n) is 3.07. The summed E-state index contributed by atoms with van der Waals surface area (Å²) in [6.45, 7) is -0.111. The van der Waals surface area contributed by atoms with E-state index in [1.165, 1.54) is 0 Å². The molecule has 1 aliphatic rings. The average Bonchev–Trinajstić information content (AvgIpc) is 2.18. The smallest absolute Gasteiger partial charge is 0.338 e. The van der Waals surface area contributed by atoms with Crippen molar-refractivity contribution in [2.45, 2.75) is 12.5 Å². The minimum absolute atomic E-state index is 0.111. The van der Waals surface area contributed by atoms with Crippen molar-refractivity contribution in [3.05, 3.63) is 35.4 Å². The monoisotopic (exact) mass is 178 g/mol. The summed E-state index contributed by atoms with van der Waals surface area (Å²) in [6, 6.07) is 7.31. The normalized spacial score (nSPS) is 20.7. The van der Waals surface area contributed by atoms with Crippen LogP contribution < -0.4 is 0 Å². The first-order chi connectivity index (χ1) is 6.31. The van der Waals surface area contributed by atoms with Crippen LogP contribution in [0.15, 0.2) is 24.3 Å². The van der Waals surface area contributed by atoms with E-state index < -0.39 is 0 Å². The molecule has 1 heterocycles. The molecule has 0 saturated heterocycles. The third-order valence-corrected chi connectivity index (χ3v) is 2.16. The summed E-state index contributed by atoms with van der Waals surface area (Å²) in [4.78, 5) is 11.3. The lowest BCUT2D eigenvalue weighted by atomic mass is 9.99. The van der Waals surface area contributed by atoms with E-state index in [4.69, 9.17) is 9.84 Å². The fourth-order valence-corrected chi connectivity index (χ4v) is 1.50. The molecule has 0 saturated carbocycles. The number of aliphatic hydroxyl groups excluding tert-OH is 1. The number of aliphatic hydroxyl groups is 1. The number of fused-ring (bicyclic) bond motifs is 1. The molecule has 3 nitrogen and oxygen atoms in total. The Bertz CT molecular complexity index is 333. The van der Waals surface area contributed by atoms with E-state index in [1.807, 2.05) is 12.1 Å². The van der Waals surface area contributed by atoms with E-state index in [0.29, 0.717) is 12.0 Å². The Morgan fingerprint density at radius 1 is 1.46 bits per heavy atom. The molecule has 68 valence electrons. The number of carbonyl (C=O) groups is 1. The molecule has 0 unspecified atom stereocenters. The van der Waals surface area contributed by atoms with E-state index in [2.05, 4.69) is 0 Å². The summed E-state index contributed by atoms with van der Waals surface area (Å²) >= 11 is 0. The molecule has 0 radical (unpaired) electrons. The van der Waals surface area contributed by atoms with Crippen LogP contribution in [0.2, 0.25) is 0 Å². The van der Waals surface area contributed by atoms with Crippen molar-refractivity contribution in [1.82, 2.24) is 0 Å². The molecule has 0 aromatic heterocycles. The van der Waals surface area contributed by atoms with Crippen LogP contribution in [-0.4, -0.2) is 23.8 Å². The lowest BCUT2D eigenvalue weighted by Gasteiger charge is -2.22. The predicted molar refractivity (Wildman–Crippen MR) is 46.4 cm³/mol. The number of hydrogen-bond donors (Lipinski definition) is 1. The van der Waals surface area contributed by atoms with Gasteiger partial charge < -0.3 is 9.84 Å². The lowest BCUT2D eigenvalue weighted by molar-refractivity contribution is 0.00939. The van der Waals surface area contributed by atoms with Gasteiger partial charge in [-0.2, -0.15) is 0 Å². The van der Waals surface area contributed by atoms with E-state index in [-0.39, 0.29) is 18.7 Å². The Balaban J connectivity index is 2.37. The molecule has 1 atom stereocenters. The maximum Gasteiger partial charge on any atom is 0.338 e. The third kappa shape index (κ3) is 1.42. The molecule has 1 aromatic carbocycles. The van der Waals surface area contributed by atoms with E-state index >= 15 is 0 Å². The number of rotatable bonds is 1. The minimum Gasteiger partial charge on any atom is -0.456 e. The van der Waals surface area contributed by atoms with Crippen molar-refractivity contribution in [2.75, 3.05) is 6.61 Å². The van der Waals surface area contributed by atoms with Gasteiger partial charge >= 0.3 is 5.97 Å². The second kappa shape index (κ2) is 3.18. The van der Waals surface area contributed by atoms with Gasteiger partial charge in [-0.3, -0.25) is 0 Å². The summed E-state index contributed by atoms with van der Waals surface area (Å²) in [5.41, 5.74) is 1.57. The number of ether oxygens (including phenoxy) is 1. The first kappa shape index (κ1) is 8.26. The molecular weight excluding hydrogens is 168 g/mol. The van der Waals surface area contributed by atoms with Crippen LogP contribution in [0.3, 0.4) is 0 Å². The Morgan fingerprint density at radius 2 is 2.23 bits per heavy atom. The number of cyclic esters (lactones) is 1.